The van der Waals surface area contributed by atoms with E-state index in [9.17, 15) is 0 Å². The molecular formula is C16H18N2O2. The SMILES string of the molecule is Cc1ccc(OCc2cnn(C)c2)c(C#CCCO)c1. The summed E-state index contributed by atoms with van der Waals surface area (Å²) in [4.78, 5) is 0. The van der Waals surface area contributed by atoms with Gasteiger partial charge in [0.2, 0.25) is 0 Å². The average Bonchev–Trinajstić information content (AvgIpc) is 2.84. The molecular weight excluding hydrogens is 252 g/mol. The van der Waals surface area contributed by atoms with Crippen LogP contribution in [0.1, 0.15) is 23.1 Å². The number of aromatic nitrogens is 2. The molecule has 0 aliphatic heterocycles. The Bertz CT molecular complexity index is 635. The van der Waals surface area contributed by atoms with Gasteiger partial charge in [-0.2, -0.15) is 5.10 Å². The van der Waals surface area contributed by atoms with Gasteiger partial charge in [-0.3, -0.25) is 4.68 Å². The van der Waals surface area contributed by atoms with E-state index in [0.29, 0.717) is 13.0 Å². The van der Waals surface area contributed by atoms with Gasteiger partial charge in [0.05, 0.1) is 18.4 Å². The first-order chi connectivity index (χ1) is 9.69. The van der Waals surface area contributed by atoms with Crippen LogP contribution in [0, 0.1) is 18.8 Å². The van der Waals surface area contributed by atoms with Crippen molar-refractivity contribution in [1.82, 2.24) is 9.78 Å². The Morgan fingerprint density at radius 1 is 1.40 bits per heavy atom. The van der Waals surface area contributed by atoms with E-state index in [1.54, 1.807) is 10.9 Å². The normalized spacial score (nSPS) is 9.95. The van der Waals surface area contributed by atoms with E-state index in [1.807, 2.05) is 38.4 Å². The van der Waals surface area contributed by atoms with E-state index in [0.717, 1.165) is 22.4 Å². The van der Waals surface area contributed by atoms with Gasteiger partial charge in [0.15, 0.2) is 0 Å². The predicted octanol–water partition coefficient (Wildman–Crippen LogP) is 2.04. The highest BCUT2D eigenvalue weighted by molar-refractivity contribution is 5.48. The summed E-state index contributed by atoms with van der Waals surface area (Å²) < 4.78 is 7.55. The van der Waals surface area contributed by atoms with Crippen molar-refractivity contribution in [2.75, 3.05) is 6.61 Å². The molecule has 1 N–H and O–H groups in total. The molecule has 0 unspecified atom stereocenters. The molecule has 0 aliphatic carbocycles. The van der Waals surface area contributed by atoms with E-state index in [4.69, 9.17) is 9.84 Å². The maximum atomic E-state index is 8.78. The number of aryl methyl sites for hydroxylation is 2. The summed E-state index contributed by atoms with van der Waals surface area (Å²) in [6.45, 7) is 2.55. The van der Waals surface area contributed by atoms with E-state index >= 15 is 0 Å². The van der Waals surface area contributed by atoms with Gasteiger partial charge < -0.3 is 9.84 Å². The van der Waals surface area contributed by atoms with Crippen LogP contribution >= 0.6 is 0 Å². The molecule has 0 saturated carbocycles. The van der Waals surface area contributed by atoms with Crippen LogP contribution in [-0.2, 0) is 13.7 Å². The molecule has 2 rings (SSSR count). The van der Waals surface area contributed by atoms with Crippen molar-refractivity contribution in [3.05, 3.63) is 47.3 Å². The van der Waals surface area contributed by atoms with Gasteiger partial charge in [-0.25, -0.2) is 0 Å². The Morgan fingerprint density at radius 2 is 2.25 bits per heavy atom. The monoisotopic (exact) mass is 270 g/mol. The fourth-order valence-corrected chi connectivity index (χ4v) is 1.79. The second kappa shape index (κ2) is 6.78. The molecule has 1 aromatic heterocycles. The first kappa shape index (κ1) is 14.2. The third-order valence-electron chi connectivity index (χ3n) is 2.75. The minimum atomic E-state index is 0.0741. The zero-order valence-corrected chi connectivity index (χ0v) is 11.8. The van der Waals surface area contributed by atoms with Crippen LogP contribution in [-0.4, -0.2) is 21.5 Å². The van der Waals surface area contributed by atoms with Gasteiger partial charge in [-0.05, 0) is 24.6 Å². The van der Waals surface area contributed by atoms with Crippen molar-refractivity contribution >= 4 is 0 Å². The number of aliphatic hydroxyl groups is 1. The lowest BCUT2D eigenvalue weighted by Crippen LogP contribution is -1.97. The molecule has 1 heterocycles. The van der Waals surface area contributed by atoms with Gasteiger partial charge in [-0.1, -0.05) is 17.9 Å². The molecule has 0 spiro atoms. The molecule has 0 amide bonds. The molecule has 0 radical (unpaired) electrons. The molecule has 0 fully saturated rings. The second-order valence-electron chi connectivity index (χ2n) is 4.59. The third kappa shape index (κ3) is 3.87. The topological polar surface area (TPSA) is 47.3 Å². The summed E-state index contributed by atoms with van der Waals surface area (Å²) >= 11 is 0. The zero-order chi connectivity index (χ0) is 14.4. The summed E-state index contributed by atoms with van der Waals surface area (Å²) in [6.07, 6.45) is 4.17. The minimum Gasteiger partial charge on any atom is -0.487 e. The molecule has 0 bridgehead atoms. The maximum Gasteiger partial charge on any atom is 0.135 e. The van der Waals surface area contributed by atoms with Gasteiger partial charge in [0, 0.05) is 25.2 Å². The maximum absolute atomic E-state index is 8.78. The van der Waals surface area contributed by atoms with Crippen LogP contribution in [0.5, 0.6) is 5.75 Å². The highest BCUT2D eigenvalue weighted by Crippen LogP contribution is 2.20. The number of aliphatic hydroxyl groups excluding tert-OH is 1. The first-order valence-corrected chi connectivity index (χ1v) is 6.50. The molecule has 0 aliphatic rings. The van der Waals surface area contributed by atoms with Crippen LogP contribution in [0.25, 0.3) is 0 Å². The van der Waals surface area contributed by atoms with Gasteiger partial charge in [0.1, 0.15) is 12.4 Å². The van der Waals surface area contributed by atoms with Gasteiger partial charge in [0.25, 0.3) is 0 Å². The number of hydrogen-bond acceptors (Lipinski definition) is 3. The Labute approximate surface area is 119 Å². The van der Waals surface area contributed by atoms with Crippen molar-refractivity contribution in [2.45, 2.75) is 20.0 Å². The molecule has 104 valence electrons. The Balaban J connectivity index is 2.12. The Morgan fingerprint density at radius 3 is 2.95 bits per heavy atom. The highest BCUT2D eigenvalue weighted by atomic mass is 16.5. The van der Waals surface area contributed by atoms with Crippen LogP contribution in [0.2, 0.25) is 0 Å². The smallest absolute Gasteiger partial charge is 0.135 e. The average molecular weight is 270 g/mol. The molecule has 2 aromatic rings. The summed E-state index contributed by atoms with van der Waals surface area (Å²) in [5, 5.41) is 12.9. The van der Waals surface area contributed by atoms with Crippen LogP contribution in [0.4, 0.5) is 0 Å². The summed E-state index contributed by atoms with van der Waals surface area (Å²) in [5.74, 6) is 6.72. The molecule has 0 atom stereocenters. The van der Waals surface area contributed by atoms with Gasteiger partial charge in [-0.15, -0.1) is 0 Å². The quantitative estimate of drug-likeness (QED) is 0.865. The van der Waals surface area contributed by atoms with Crippen molar-refractivity contribution in [3.8, 4) is 17.6 Å². The van der Waals surface area contributed by atoms with Crippen molar-refractivity contribution in [1.29, 1.82) is 0 Å². The Kier molecular flexibility index (Phi) is 4.80. The van der Waals surface area contributed by atoms with Crippen LogP contribution < -0.4 is 4.74 Å². The fourth-order valence-electron chi connectivity index (χ4n) is 1.79. The molecule has 1 aromatic carbocycles. The van der Waals surface area contributed by atoms with E-state index in [2.05, 4.69) is 16.9 Å². The number of hydrogen-bond donors (Lipinski definition) is 1. The lowest BCUT2D eigenvalue weighted by atomic mass is 10.1. The van der Waals surface area contributed by atoms with Crippen LogP contribution in [0.15, 0.2) is 30.6 Å². The lowest BCUT2D eigenvalue weighted by Gasteiger charge is -2.08. The predicted molar refractivity (Wildman–Crippen MR) is 77.3 cm³/mol. The van der Waals surface area contributed by atoms with Crippen molar-refractivity contribution in [2.24, 2.45) is 7.05 Å². The number of benzene rings is 1. The molecule has 20 heavy (non-hydrogen) atoms. The third-order valence-corrected chi connectivity index (χ3v) is 2.75. The second-order valence-corrected chi connectivity index (χ2v) is 4.59. The summed E-state index contributed by atoms with van der Waals surface area (Å²) in [5.41, 5.74) is 3.00. The zero-order valence-electron chi connectivity index (χ0n) is 11.8. The van der Waals surface area contributed by atoms with E-state index in [-0.39, 0.29) is 6.61 Å². The van der Waals surface area contributed by atoms with E-state index < -0.39 is 0 Å². The minimum absolute atomic E-state index is 0.0741. The lowest BCUT2D eigenvalue weighted by molar-refractivity contribution is 0.304. The number of ether oxygens (including phenoxy) is 1. The largest absolute Gasteiger partial charge is 0.487 e. The van der Waals surface area contributed by atoms with Crippen LogP contribution in [0.3, 0.4) is 0 Å². The number of rotatable bonds is 4. The van der Waals surface area contributed by atoms with Gasteiger partial charge >= 0.3 is 0 Å². The summed E-state index contributed by atoms with van der Waals surface area (Å²) in [6, 6.07) is 5.91. The fraction of sp³-hybridized carbons (Fsp3) is 0.312. The summed E-state index contributed by atoms with van der Waals surface area (Å²) in [7, 11) is 1.88. The first-order valence-electron chi connectivity index (χ1n) is 6.50. The van der Waals surface area contributed by atoms with Crippen molar-refractivity contribution < 1.29 is 9.84 Å². The highest BCUT2D eigenvalue weighted by Gasteiger charge is 2.03. The Hall–Kier alpha value is -2.25. The molecule has 0 saturated heterocycles. The van der Waals surface area contributed by atoms with Crippen molar-refractivity contribution in [3.63, 3.8) is 0 Å². The number of nitrogens with zero attached hydrogens (tertiary/aromatic N) is 2. The molecule has 4 nitrogen and oxygen atoms in total. The standard InChI is InChI=1S/C16H18N2O2/c1-13-6-7-16(15(9-13)5-3-4-8-19)20-12-14-10-17-18(2)11-14/h6-7,9-11,19H,4,8,12H2,1-2H3. The molecule has 4 heteroatoms. The van der Waals surface area contributed by atoms with E-state index in [1.165, 1.54) is 0 Å².